The van der Waals surface area contributed by atoms with Crippen molar-refractivity contribution < 1.29 is 0 Å². The average Bonchev–Trinajstić information content (AvgIpc) is 2.88. The lowest BCUT2D eigenvalue weighted by molar-refractivity contribution is 0.507. The third-order valence-corrected chi connectivity index (χ3v) is 4.86. The summed E-state index contributed by atoms with van der Waals surface area (Å²) >= 11 is 1.84. The van der Waals surface area contributed by atoms with Gasteiger partial charge >= 0.3 is 0 Å². The van der Waals surface area contributed by atoms with Crippen LogP contribution in [0.5, 0.6) is 0 Å². The fourth-order valence-corrected chi connectivity index (χ4v) is 3.55. The molecule has 3 nitrogen and oxygen atoms in total. The Labute approximate surface area is 128 Å². The molecule has 0 aliphatic rings. The Hall–Kier alpha value is -0.610. The zero-order valence-corrected chi connectivity index (χ0v) is 14.8. The van der Waals surface area contributed by atoms with E-state index in [0.29, 0.717) is 18.0 Å². The predicted molar refractivity (Wildman–Crippen MR) is 90.8 cm³/mol. The molecule has 0 fully saturated rings. The van der Waals surface area contributed by atoms with Crippen LogP contribution in [0.4, 0.5) is 5.13 Å². The number of hydrogen-bond donors (Lipinski definition) is 1. The van der Waals surface area contributed by atoms with Crippen LogP contribution in [0.1, 0.15) is 65.3 Å². The minimum atomic E-state index is 0.397. The molecule has 1 atom stereocenters. The highest BCUT2D eigenvalue weighted by Gasteiger charge is 2.20. The molecule has 0 aliphatic carbocycles. The van der Waals surface area contributed by atoms with Crippen LogP contribution >= 0.6 is 11.3 Å². The lowest BCUT2D eigenvalue weighted by atomic mass is 10.1. The summed E-state index contributed by atoms with van der Waals surface area (Å²) in [6.07, 6.45) is 4.41. The van der Waals surface area contributed by atoms with Gasteiger partial charge in [-0.3, -0.25) is 0 Å². The van der Waals surface area contributed by atoms with E-state index in [0.717, 1.165) is 13.1 Å². The maximum atomic E-state index is 4.69. The number of nitrogens with one attached hydrogen (secondary N) is 1. The maximum Gasteiger partial charge on any atom is 0.185 e. The van der Waals surface area contributed by atoms with E-state index in [1.54, 1.807) is 0 Å². The van der Waals surface area contributed by atoms with Crippen molar-refractivity contribution in [3.8, 4) is 0 Å². The Morgan fingerprint density at radius 2 is 1.85 bits per heavy atom. The minimum Gasteiger partial charge on any atom is -0.345 e. The van der Waals surface area contributed by atoms with Gasteiger partial charge in [-0.25, -0.2) is 4.98 Å². The smallest absolute Gasteiger partial charge is 0.185 e. The van der Waals surface area contributed by atoms with Crippen LogP contribution in [0, 0.1) is 5.92 Å². The number of anilines is 1. The summed E-state index contributed by atoms with van der Waals surface area (Å²) < 4.78 is 0. The van der Waals surface area contributed by atoms with Crippen LogP contribution in [-0.2, 0) is 0 Å². The van der Waals surface area contributed by atoms with Gasteiger partial charge in [0.15, 0.2) is 5.13 Å². The van der Waals surface area contributed by atoms with Crippen LogP contribution in [0.25, 0.3) is 0 Å². The van der Waals surface area contributed by atoms with Crippen molar-refractivity contribution in [1.29, 1.82) is 0 Å². The predicted octanol–water partition coefficient (Wildman–Crippen LogP) is 4.46. The molecule has 1 aromatic rings. The van der Waals surface area contributed by atoms with E-state index in [9.17, 15) is 0 Å². The first kappa shape index (κ1) is 17.4. The summed E-state index contributed by atoms with van der Waals surface area (Å²) in [5.74, 6) is 0.661. The lowest BCUT2D eigenvalue weighted by Crippen LogP contribution is -2.37. The fraction of sp³-hybridized carbons (Fsp3) is 0.812. The van der Waals surface area contributed by atoms with E-state index in [1.165, 1.54) is 22.9 Å². The molecule has 0 radical (unpaired) electrons. The monoisotopic (exact) mass is 297 g/mol. The normalized spacial score (nSPS) is 13.2. The second-order valence-electron chi connectivity index (χ2n) is 5.84. The van der Waals surface area contributed by atoms with Crippen molar-refractivity contribution in [3.63, 3.8) is 0 Å². The van der Waals surface area contributed by atoms with Crippen LogP contribution in [-0.4, -0.2) is 24.1 Å². The molecule has 0 aliphatic heterocycles. The first-order chi connectivity index (χ1) is 9.53. The van der Waals surface area contributed by atoms with Crippen molar-refractivity contribution in [2.24, 2.45) is 5.92 Å². The zero-order valence-electron chi connectivity index (χ0n) is 13.9. The van der Waals surface area contributed by atoms with Gasteiger partial charge in [0.05, 0.1) is 0 Å². The zero-order chi connectivity index (χ0) is 15.1. The highest BCUT2D eigenvalue weighted by atomic mass is 32.1. The summed E-state index contributed by atoms with van der Waals surface area (Å²) in [6, 6.07) is 1.000. The standard InChI is InChI=1S/C16H31N3S/c1-7-14(8-2)19(11-12(4)5)16-18-10-15(20-16)13(6)17-9-3/h10,12-14,17H,7-9,11H2,1-6H3. The molecule has 4 heteroatoms. The number of aromatic nitrogens is 1. The van der Waals surface area contributed by atoms with Crippen molar-refractivity contribution in [3.05, 3.63) is 11.1 Å². The third kappa shape index (κ3) is 4.74. The molecule has 0 bridgehead atoms. The van der Waals surface area contributed by atoms with Gasteiger partial charge in [0.1, 0.15) is 0 Å². The molecule has 1 rings (SSSR count). The summed E-state index contributed by atoms with van der Waals surface area (Å²) in [7, 11) is 0. The Bertz CT molecular complexity index is 372. The van der Waals surface area contributed by atoms with Gasteiger partial charge in [-0.05, 0) is 32.2 Å². The first-order valence-corrected chi connectivity index (χ1v) is 8.80. The Morgan fingerprint density at radius 1 is 1.20 bits per heavy atom. The number of nitrogens with zero attached hydrogens (tertiary/aromatic N) is 2. The molecule has 0 saturated heterocycles. The highest BCUT2D eigenvalue weighted by molar-refractivity contribution is 7.15. The van der Waals surface area contributed by atoms with E-state index >= 15 is 0 Å². The molecule has 1 aromatic heterocycles. The molecule has 20 heavy (non-hydrogen) atoms. The number of rotatable bonds is 9. The molecule has 0 spiro atoms. The topological polar surface area (TPSA) is 28.2 Å². The molecule has 0 amide bonds. The lowest BCUT2D eigenvalue weighted by Gasteiger charge is -2.31. The number of hydrogen-bond acceptors (Lipinski definition) is 4. The maximum absolute atomic E-state index is 4.69. The molecule has 116 valence electrons. The molecule has 1 heterocycles. The minimum absolute atomic E-state index is 0.397. The second kappa shape index (κ2) is 8.63. The van der Waals surface area contributed by atoms with E-state index < -0.39 is 0 Å². The number of thiazole rings is 1. The molecule has 0 saturated carbocycles. The summed E-state index contributed by atoms with van der Waals surface area (Å²) in [4.78, 5) is 8.54. The molecule has 1 N–H and O–H groups in total. The quantitative estimate of drug-likeness (QED) is 0.729. The van der Waals surface area contributed by atoms with Gasteiger partial charge in [-0.15, -0.1) is 11.3 Å². The van der Waals surface area contributed by atoms with Crippen molar-refractivity contribution >= 4 is 16.5 Å². The van der Waals surface area contributed by atoms with E-state index in [4.69, 9.17) is 4.98 Å². The Morgan fingerprint density at radius 3 is 2.35 bits per heavy atom. The third-order valence-electron chi connectivity index (χ3n) is 3.64. The van der Waals surface area contributed by atoms with Crippen molar-refractivity contribution in [2.45, 2.75) is 66.5 Å². The summed E-state index contributed by atoms with van der Waals surface area (Å²) in [6.45, 7) is 15.6. The van der Waals surface area contributed by atoms with Gasteiger partial charge in [-0.1, -0.05) is 34.6 Å². The van der Waals surface area contributed by atoms with Crippen molar-refractivity contribution in [1.82, 2.24) is 10.3 Å². The molecular formula is C16H31N3S. The summed E-state index contributed by atoms with van der Waals surface area (Å²) in [5, 5.41) is 4.65. The van der Waals surface area contributed by atoms with Gasteiger partial charge in [-0.2, -0.15) is 0 Å². The van der Waals surface area contributed by atoms with E-state index in [1.807, 2.05) is 17.5 Å². The van der Waals surface area contributed by atoms with Crippen LogP contribution in [0.15, 0.2) is 6.20 Å². The molecule has 0 aromatic carbocycles. The van der Waals surface area contributed by atoms with Gasteiger partial charge in [0, 0.05) is 29.7 Å². The SMILES string of the molecule is CCNC(C)c1cnc(N(CC(C)C)C(CC)CC)s1. The average molecular weight is 298 g/mol. The molecule has 1 unspecified atom stereocenters. The fourth-order valence-electron chi connectivity index (χ4n) is 2.52. The highest BCUT2D eigenvalue weighted by Crippen LogP contribution is 2.30. The summed E-state index contributed by atoms with van der Waals surface area (Å²) in [5.41, 5.74) is 0. The van der Waals surface area contributed by atoms with Gasteiger partial charge in [0.2, 0.25) is 0 Å². The second-order valence-corrected chi connectivity index (χ2v) is 6.88. The van der Waals surface area contributed by atoms with Crippen molar-refractivity contribution in [2.75, 3.05) is 18.0 Å². The Kier molecular flexibility index (Phi) is 7.52. The first-order valence-electron chi connectivity index (χ1n) is 7.99. The largest absolute Gasteiger partial charge is 0.345 e. The van der Waals surface area contributed by atoms with Crippen LogP contribution < -0.4 is 10.2 Å². The molecular weight excluding hydrogens is 266 g/mol. The van der Waals surface area contributed by atoms with Crippen LogP contribution in [0.2, 0.25) is 0 Å². The van der Waals surface area contributed by atoms with Gasteiger partial charge < -0.3 is 10.2 Å². The van der Waals surface area contributed by atoms with Crippen LogP contribution in [0.3, 0.4) is 0 Å². The Balaban J connectivity index is 2.90. The van der Waals surface area contributed by atoms with Gasteiger partial charge in [0.25, 0.3) is 0 Å². The van der Waals surface area contributed by atoms with E-state index in [-0.39, 0.29) is 0 Å². The van der Waals surface area contributed by atoms with E-state index in [2.05, 4.69) is 51.8 Å².